The molecule has 1 atom stereocenters. The summed E-state index contributed by atoms with van der Waals surface area (Å²) in [5.74, 6) is -1.06. The van der Waals surface area contributed by atoms with Gasteiger partial charge >= 0.3 is 5.97 Å². The number of aryl methyl sites for hydroxylation is 2. The second-order valence-electron chi connectivity index (χ2n) is 6.98. The Morgan fingerprint density at radius 3 is 2.79 bits per heavy atom. The van der Waals surface area contributed by atoms with Crippen LogP contribution in [0.5, 0.6) is 0 Å². The summed E-state index contributed by atoms with van der Waals surface area (Å²) in [6.07, 6.45) is 2.39. The van der Waals surface area contributed by atoms with Gasteiger partial charge in [0, 0.05) is 24.8 Å². The van der Waals surface area contributed by atoms with Crippen molar-refractivity contribution in [3.05, 3.63) is 53.2 Å². The highest BCUT2D eigenvalue weighted by Gasteiger charge is 2.36. The molecule has 29 heavy (non-hydrogen) atoms. The number of carbonyl (C=O) groups excluding carboxylic acids is 3. The fourth-order valence-electron chi connectivity index (χ4n) is 3.56. The first-order valence-electron chi connectivity index (χ1n) is 9.77. The molecule has 7 nitrogen and oxygen atoms in total. The zero-order valence-electron chi connectivity index (χ0n) is 16.9. The normalized spacial score (nSPS) is 16.0. The number of nitrogens with one attached hydrogen (secondary N) is 1. The molecule has 1 aromatic heterocycles. The average molecular weight is 395 g/mol. The van der Waals surface area contributed by atoms with Gasteiger partial charge in [-0.3, -0.25) is 9.59 Å². The second-order valence-corrected chi connectivity index (χ2v) is 6.98. The maximum atomic E-state index is 12.7. The van der Waals surface area contributed by atoms with Crippen molar-refractivity contribution in [2.24, 2.45) is 5.92 Å². The molecule has 7 heteroatoms. The third-order valence-electron chi connectivity index (χ3n) is 4.99. The molecule has 1 aliphatic rings. The van der Waals surface area contributed by atoms with E-state index in [1.807, 2.05) is 32.0 Å². The van der Waals surface area contributed by atoms with Crippen molar-refractivity contribution >= 4 is 29.3 Å². The van der Waals surface area contributed by atoms with Crippen LogP contribution in [0.4, 0.5) is 11.5 Å². The third kappa shape index (κ3) is 4.45. The fraction of sp³-hybridized carbons (Fsp3) is 0.364. The fourth-order valence-corrected chi connectivity index (χ4v) is 3.56. The van der Waals surface area contributed by atoms with Gasteiger partial charge in [0.05, 0.1) is 18.1 Å². The number of anilines is 2. The summed E-state index contributed by atoms with van der Waals surface area (Å²) < 4.78 is 4.97. The lowest BCUT2D eigenvalue weighted by Gasteiger charge is -2.22. The number of ether oxygens (including phenoxy) is 1. The molecule has 2 aromatic rings. The van der Waals surface area contributed by atoms with E-state index in [0.29, 0.717) is 12.1 Å². The Balaban J connectivity index is 1.73. The van der Waals surface area contributed by atoms with Crippen LogP contribution in [0.25, 0.3) is 0 Å². The van der Waals surface area contributed by atoms with Crippen molar-refractivity contribution in [3.63, 3.8) is 0 Å². The van der Waals surface area contributed by atoms with Gasteiger partial charge in [0.2, 0.25) is 11.8 Å². The van der Waals surface area contributed by atoms with E-state index in [4.69, 9.17) is 4.74 Å². The molecule has 2 heterocycles. The topological polar surface area (TPSA) is 88.6 Å². The van der Waals surface area contributed by atoms with E-state index in [0.717, 1.165) is 23.2 Å². The molecule has 0 aliphatic carbocycles. The number of esters is 1. The van der Waals surface area contributed by atoms with Crippen LogP contribution in [0.2, 0.25) is 0 Å². The van der Waals surface area contributed by atoms with Crippen LogP contribution < -0.4 is 10.2 Å². The highest BCUT2D eigenvalue weighted by atomic mass is 16.5. The van der Waals surface area contributed by atoms with Crippen LogP contribution >= 0.6 is 0 Å². The molecule has 3 rings (SSSR count). The molecule has 1 unspecified atom stereocenters. The van der Waals surface area contributed by atoms with Gasteiger partial charge in [-0.1, -0.05) is 25.1 Å². The minimum absolute atomic E-state index is 0.0672. The highest BCUT2D eigenvalue weighted by Crippen LogP contribution is 2.32. The number of para-hydroxylation sites is 1. The number of hydrogen-bond acceptors (Lipinski definition) is 5. The Kier molecular flexibility index (Phi) is 6.26. The van der Waals surface area contributed by atoms with E-state index in [1.54, 1.807) is 11.8 Å². The van der Waals surface area contributed by atoms with Crippen molar-refractivity contribution in [2.45, 2.75) is 33.6 Å². The zero-order chi connectivity index (χ0) is 21.0. The molecule has 1 aliphatic heterocycles. The first-order valence-corrected chi connectivity index (χ1v) is 9.77. The van der Waals surface area contributed by atoms with Crippen LogP contribution in [0.3, 0.4) is 0 Å². The van der Waals surface area contributed by atoms with E-state index in [1.165, 1.54) is 18.3 Å². The Morgan fingerprint density at radius 2 is 2.07 bits per heavy atom. The summed E-state index contributed by atoms with van der Waals surface area (Å²) in [5, 5.41) is 2.72. The number of benzene rings is 1. The molecule has 0 bridgehead atoms. The zero-order valence-corrected chi connectivity index (χ0v) is 16.9. The van der Waals surface area contributed by atoms with Gasteiger partial charge in [-0.25, -0.2) is 9.78 Å². The van der Waals surface area contributed by atoms with E-state index < -0.39 is 11.9 Å². The summed E-state index contributed by atoms with van der Waals surface area (Å²) in [6, 6.07) is 8.96. The van der Waals surface area contributed by atoms with Gasteiger partial charge in [-0.2, -0.15) is 0 Å². The van der Waals surface area contributed by atoms with Gasteiger partial charge in [0.25, 0.3) is 0 Å². The van der Waals surface area contributed by atoms with Crippen molar-refractivity contribution in [2.75, 3.05) is 23.4 Å². The largest absolute Gasteiger partial charge is 0.462 e. The van der Waals surface area contributed by atoms with E-state index >= 15 is 0 Å². The standard InChI is InChI=1S/C22H25N3O4/c1-4-15-8-6-7-14(3)20(15)25-13-17(12-19(25)26)21(27)24-18-11-16(9-10-23-18)22(28)29-5-2/h6-11,17H,4-5,12-13H2,1-3H3,(H,23,24,27). The summed E-state index contributed by atoms with van der Waals surface area (Å²) in [6.45, 7) is 6.33. The Hall–Kier alpha value is -3.22. The maximum absolute atomic E-state index is 12.7. The van der Waals surface area contributed by atoms with Crippen LogP contribution in [-0.4, -0.2) is 35.9 Å². The monoisotopic (exact) mass is 395 g/mol. The minimum Gasteiger partial charge on any atom is -0.462 e. The number of aromatic nitrogens is 1. The second kappa shape index (κ2) is 8.86. The molecule has 1 saturated heterocycles. The van der Waals surface area contributed by atoms with Crippen molar-refractivity contribution in [3.8, 4) is 0 Å². The quantitative estimate of drug-likeness (QED) is 0.759. The lowest BCUT2D eigenvalue weighted by Crippen LogP contribution is -2.29. The van der Waals surface area contributed by atoms with Crippen molar-refractivity contribution < 1.29 is 19.1 Å². The summed E-state index contributed by atoms with van der Waals surface area (Å²) in [4.78, 5) is 43.0. The predicted molar refractivity (Wildman–Crippen MR) is 110 cm³/mol. The lowest BCUT2D eigenvalue weighted by atomic mass is 10.0. The molecule has 0 radical (unpaired) electrons. The SMILES string of the molecule is CCOC(=O)c1ccnc(NC(=O)C2CC(=O)N(c3c(C)cccc3CC)C2)c1. The molecule has 1 fully saturated rings. The van der Waals surface area contributed by atoms with Crippen LogP contribution in [0, 0.1) is 12.8 Å². The Morgan fingerprint density at radius 1 is 1.28 bits per heavy atom. The molecule has 1 N–H and O–H groups in total. The maximum Gasteiger partial charge on any atom is 0.338 e. The van der Waals surface area contributed by atoms with Crippen molar-refractivity contribution in [1.29, 1.82) is 0 Å². The van der Waals surface area contributed by atoms with Crippen LogP contribution in [0.15, 0.2) is 36.5 Å². The molecule has 0 saturated carbocycles. The molecule has 1 aromatic carbocycles. The number of amides is 2. The first-order chi connectivity index (χ1) is 13.9. The van der Waals surface area contributed by atoms with Gasteiger partial charge < -0.3 is 15.0 Å². The third-order valence-corrected chi connectivity index (χ3v) is 4.99. The highest BCUT2D eigenvalue weighted by molar-refractivity contribution is 6.04. The number of rotatable bonds is 6. The summed E-state index contributed by atoms with van der Waals surface area (Å²) in [7, 11) is 0. The minimum atomic E-state index is -0.486. The molecule has 2 amide bonds. The molecular formula is C22H25N3O4. The van der Waals surface area contributed by atoms with E-state index in [2.05, 4.69) is 10.3 Å². The lowest BCUT2D eigenvalue weighted by molar-refractivity contribution is -0.122. The van der Waals surface area contributed by atoms with E-state index in [-0.39, 0.29) is 30.7 Å². The van der Waals surface area contributed by atoms with Gasteiger partial charge in [0.1, 0.15) is 5.82 Å². The first kappa shape index (κ1) is 20.5. The van der Waals surface area contributed by atoms with Crippen LogP contribution in [-0.2, 0) is 20.7 Å². The van der Waals surface area contributed by atoms with Gasteiger partial charge in [-0.05, 0) is 43.5 Å². The molecular weight excluding hydrogens is 370 g/mol. The van der Waals surface area contributed by atoms with Crippen LogP contribution in [0.1, 0.15) is 41.8 Å². The van der Waals surface area contributed by atoms with Gasteiger partial charge in [-0.15, -0.1) is 0 Å². The van der Waals surface area contributed by atoms with E-state index in [9.17, 15) is 14.4 Å². The predicted octanol–water partition coefficient (Wildman–Crippen LogP) is 3.12. The van der Waals surface area contributed by atoms with Crippen molar-refractivity contribution in [1.82, 2.24) is 4.98 Å². The number of hydrogen-bond donors (Lipinski definition) is 1. The molecule has 0 spiro atoms. The summed E-state index contributed by atoms with van der Waals surface area (Å²) in [5.41, 5.74) is 3.32. The number of pyridine rings is 1. The Bertz CT molecular complexity index is 941. The Labute approximate surface area is 170 Å². The number of nitrogens with zero attached hydrogens (tertiary/aromatic N) is 2. The summed E-state index contributed by atoms with van der Waals surface area (Å²) >= 11 is 0. The van der Waals surface area contributed by atoms with Gasteiger partial charge in [0.15, 0.2) is 0 Å². The number of carbonyl (C=O) groups is 3. The molecule has 152 valence electrons. The smallest absolute Gasteiger partial charge is 0.338 e. The average Bonchev–Trinajstić information content (AvgIpc) is 3.09.